The van der Waals surface area contributed by atoms with E-state index in [2.05, 4.69) is 47.1 Å². The highest BCUT2D eigenvalue weighted by Gasteiger charge is 2.47. The molecule has 7 nitrogen and oxygen atoms in total. The maximum Gasteiger partial charge on any atom is 0.532 e. The van der Waals surface area contributed by atoms with Crippen molar-refractivity contribution in [3.8, 4) is 0 Å². The molecule has 1 aromatic carbocycles. The van der Waals surface area contributed by atoms with Gasteiger partial charge in [0.05, 0.1) is 26.4 Å². The van der Waals surface area contributed by atoms with Gasteiger partial charge in [0.25, 0.3) is 5.82 Å². The minimum atomic E-state index is -3.10. The van der Waals surface area contributed by atoms with Gasteiger partial charge in [0.1, 0.15) is 5.82 Å². The van der Waals surface area contributed by atoms with Crippen molar-refractivity contribution in [2.24, 2.45) is 0 Å². The summed E-state index contributed by atoms with van der Waals surface area (Å²) in [5, 5.41) is 0. The Bertz CT molecular complexity index is 992. The van der Waals surface area contributed by atoms with Gasteiger partial charge in [-0.05, 0) is 69.3 Å². The molecule has 0 aliphatic carbocycles. The molecule has 1 heterocycles. The van der Waals surface area contributed by atoms with E-state index in [-0.39, 0.29) is 26.4 Å². The van der Waals surface area contributed by atoms with Gasteiger partial charge >= 0.3 is 7.12 Å². The Morgan fingerprint density at radius 3 is 2.17 bits per heavy atom. The van der Waals surface area contributed by atoms with Gasteiger partial charge in [-0.3, -0.25) is 4.90 Å². The standard InChI is InChI=1S/C31H50BF2N3O4/c1-6-9-10-11-28-23-29(25(4)36-30(28)35)22-26-12-14-27(15-13-26)24-37(5)17-19-39-21-20-38-18-16-31(33,34)32(40-7-2)41-8-3/h12-15,23H,6-11,16-22,24H2,1-5H3,(H2,35,36). The lowest BCUT2D eigenvalue weighted by atomic mass is 9.77. The average molecular weight is 578 g/mol. The molecule has 0 atom stereocenters. The summed E-state index contributed by atoms with van der Waals surface area (Å²) >= 11 is 0. The molecule has 0 amide bonds. The van der Waals surface area contributed by atoms with E-state index in [9.17, 15) is 8.78 Å². The number of hydrogen-bond acceptors (Lipinski definition) is 7. The second-order valence-corrected chi connectivity index (χ2v) is 10.4. The van der Waals surface area contributed by atoms with Crippen LogP contribution in [0.15, 0.2) is 30.3 Å². The van der Waals surface area contributed by atoms with Gasteiger partial charge in [0.2, 0.25) is 0 Å². The highest BCUT2D eigenvalue weighted by molar-refractivity contribution is 6.47. The van der Waals surface area contributed by atoms with Gasteiger partial charge in [-0.15, -0.1) is 0 Å². The second kappa shape index (κ2) is 19.2. The molecule has 0 saturated heterocycles. The van der Waals surface area contributed by atoms with Gasteiger partial charge in [-0.1, -0.05) is 50.1 Å². The zero-order chi connectivity index (χ0) is 30.1. The molecule has 0 unspecified atom stereocenters. The number of aromatic nitrogens is 1. The van der Waals surface area contributed by atoms with Crippen LogP contribution in [-0.4, -0.2) is 76.1 Å². The number of benzene rings is 1. The molecule has 1 aromatic heterocycles. The number of likely N-dealkylation sites (N-methyl/N-ethyl adjacent to an activating group) is 1. The summed E-state index contributed by atoms with van der Waals surface area (Å²) in [6.45, 7) is 10.5. The molecule has 2 N–H and O–H groups in total. The Morgan fingerprint density at radius 1 is 0.902 bits per heavy atom. The predicted octanol–water partition coefficient (Wildman–Crippen LogP) is 5.89. The summed E-state index contributed by atoms with van der Waals surface area (Å²) in [4.78, 5) is 6.79. The normalized spacial score (nSPS) is 11.9. The van der Waals surface area contributed by atoms with Crippen molar-refractivity contribution in [1.82, 2.24) is 9.88 Å². The lowest BCUT2D eigenvalue weighted by Gasteiger charge is -2.22. The molecule has 0 aliphatic heterocycles. The minimum Gasteiger partial charge on any atom is -0.408 e. The number of anilines is 1. The van der Waals surface area contributed by atoms with Crippen LogP contribution in [0.3, 0.4) is 0 Å². The first-order valence-electron chi connectivity index (χ1n) is 15.0. The Labute approximate surface area is 246 Å². The molecule has 10 heteroatoms. The molecule has 0 aliphatic rings. The minimum absolute atomic E-state index is 0.0859. The van der Waals surface area contributed by atoms with Crippen LogP contribution < -0.4 is 5.73 Å². The lowest BCUT2D eigenvalue weighted by molar-refractivity contribution is -0.0178. The van der Waals surface area contributed by atoms with E-state index in [4.69, 9.17) is 24.5 Å². The summed E-state index contributed by atoms with van der Waals surface area (Å²) in [7, 11) is 0.509. The molecule has 230 valence electrons. The molecule has 0 spiro atoms. The number of pyridine rings is 1. The third-order valence-electron chi connectivity index (χ3n) is 6.90. The van der Waals surface area contributed by atoms with E-state index >= 15 is 0 Å². The molecule has 0 saturated carbocycles. The number of unbranched alkanes of at least 4 members (excludes halogenated alkanes) is 2. The van der Waals surface area contributed by atoms with Gasteiger partial charge in [0, 0.05) is 38.4 Å². The van der Waals surface area contributed by atoms with Gasteiger partial charge in [-0.2, -0.15) is 0 Å². The van der Waals surface area contributed by atoms with Crippen LogP contribution in [0, 0.1) is 6.92 Å². The van der Waals surface area contributed by atoms with Crippen LogP contribution in [-0.2, 0) is 38.2 Å². The van der Waals surface area contributed by atoms with Crippen LogP contribution in [0.1, 0.15) is 74.4 Å². The molecule has 0 fully saturated rings. The largest absolute Gasteiger partial charge is 0.532 e. The molecule has 41 heavy (non-hydrogen) atoms. The Morgan fingerprint density at radius 2 is 1.54 bits per heavy atom. The first-order valence-corrected chi connectivity index (χ1v) is 15.0. The van der Waals surface area contributed by atoms with Crippen molar-refractivity contribution in [2.45, 2.75) is 78.6 Å². The molecule has 2 aromatic rings. The third-order valence-corrected chi connectivity index (χ3v) is 6.90. The zero-order valence-corrected chi connectivity index (χ0v) is 25.7. The highest BCUT2D eigenvalue weighted by Crippen LogP contribution is 2.24. The van der Waals surface area contributed by atoms with E-state index < -0.39 is 19.4 Å². The van der Waals surface area contributed by atoms with Crippen molar-refractivity contribution >= 4 is 12.9 Å². The first kappa shape index (κ1) is 35.1. The summed E-state index contributed by atoms with van der Waals surface area (Å²) in [6, 6.07) is 10.9. The number of halogens is 2. The topological polar surface area (TPSA) is 79.1 Å². The van der Waals surface area contributed by atoms with E-state index in [1.165, 1.54) is 29.5 Å². The predicted molar refractivity (Wildman–Crippen MR) is 162 cm³/mol. The van der Waals surface area contributed by atoms with Crippen LogP contribution >= 0.6 is 0 Å². The maximum absolute atomic E-state index is 14.2. The third kappa shape index (κ3) is 13.2. The number of nitrogens with two attached hydrogens (primary N) is 1. The first-order chi connectivity index (χ1) is 19.7. The number of rotatable bonds is 22. The van der Waals surface area contributed by atoms with E-state index in [0.717, 1.165) is 43.6 Å². The fourth-order valence-electron chi connectivity index (χ4n) is 4.49. The second-order valence-electron chi connectivity index (χ2n) is 10.4. The summed E-state index contributed by atoms with van der Waals surface area (Å²) in [5.41, 5.74) is 12.0. The number of nitrogen functional groups attached to an aromatic ring is 1. The maximum atomic E-state index is 14.2. The van der Waals surface area contributed by atoms with Crippen molar-refractivity contribution in [2.75, 3.05) is 59.0 Å². The molecule has 0 bridgehead atoms. The van der Waals surface area contributed by atoms with Gasteiger partial charge in [0.15, 0.2) is 0 Å². The number of nitrogens with zero attached hydrogens (tertiary/aromatic N) is 2. The summed E-state index contributed by atoms with van der Waals surface area (Å²) < 4.78 is 49.4. The van der Waals surface area contributed by atoms with Crippen molar-refractivity contribution < 1.29 is 27.6 Å². The smallest absolute Gasteiger partial charge is 0.408 e. The fourth-order valence-corrected chi connectivity index (χ4v) is 4.49. The molecular weight excluding hydrogens is 527 g/mol. The number of hydrogen-bond donors (Lipinski definition) is 1. The Kier molecular flexibility index (Phi) is 16.4. The van der Waals surface area contributed by atoms with Crippen LogP contribution in [0.5, 0.6) is 0 Å². The van der Waals surface area contributed by atoms with Gasteiger partial charge in [-0.25, -0.2) is 13.8 Å². The van der Waals surface area contributed by atoms with Crippen molar-refractivity contribution in [1.29, 1.82) is 0 Å². The Balaban J connectivity index is 1.67. The van der Waals surface area contributed by atoms with Gasteiger partial charge < -0.3 is 24.5 Å². The highest BCUT2D eigenvalue weighted by atomic mass is 19.3. The van der Waals surface area contributed by atoms with Crippen molar-refractivity contribution in [3.63, 3.8) is 0 Å². The monoisotopic (exact) mass is 577 g/mol. The SMILES string of the molecule is CCCCCc1cc(Cc2ccc(CN(C)CCOCCOCCC(F)(F)B(OCC)OCC)cc2)c(C)nc1N. The molecular formula is C31H50BF2N3O4. The quantitative estimate of drug-likeness (QED) is 0.138. The van der Waals surface area contributed by atoms with Crippen LogP contribution in [0.4, 0.5) is 14.6 Å². The Hall–Kier alpha value is -2.11. The lowest BCUT2D eigenvalue weighted by Crippen LogP contribution is -2.44. The number of ether oxygens (including phenoxy) is 2. The summed E-state index contributed by atoms with van der Waals surface area (Å²) in [5.74, 6) is -2.44. The molecule has 0 radical (unpaired) electrons. The number of alkyl halides is 2. The van der Waals surface area contributed by atoms with E-state index in [1.807, 2.05) is 14.0 Å². The number of aryl methyl sites for hydroxylation is 2. The average Bonchev–Trinajstić information content (AvgIpc) is 2.93. The zero-order valence-electron chi connectivity index (χ0n) is 25.7. The summed E-state index contributed by atoms with van der Waals surface area (Å²) in [6.07, 6.45) is 4.88. The van der Waals surface area contributed by atoms with Crippen molar-refractivity contribution in [3.05, 3.63) is 58.3 Å². The van der Waals surface area contributed by atoms with Crippen LogP contribution in [0.25, 0.3) is 0 Å². The fraction of sp³-hybridized carbons (Fsp3) is 0.645. The van der Waals surface area contributed by atoms with E-state index in [0.29, 0.717) is 19.0 Å². The van der Waals surface area contributed by atoms with E-state index in [1.54, 1.807) is 13.8 Å². The van der Waals surface area contributed by atoms with Crippen LogP contribution in [0.2, 0.25) is 0 Å². The molecule has 2 rings (SSSR count).